The normalized spacial score (nSPS) is 14.0. The van der Waals surface area contributed by atoms with Crippen molar-refractivity contribution in [3.05, 3.63) is 95.3 Å². The number of nitrogens with zero attached hydrogens (tertiary/aromatic N) is 3. The number of fused-ring (bicyclic) bond motifs is 2. The molecular weight excluding hydrogens is 494 g/mol. The van der Waals surface area contributed by atoms with E-state index < -0.39 is 15.9 Å². The predicted molar refractivity (Wildman–Crippen MR) is 142 cm³/mol. The van der Waals surface area contributed by atoms with E-state index in [1.165, 1.54) is 39.9 Å². The molecule has 1 aliphatic heterocycles. The number of aromatic nitrogens is 1. The van der Waals surface area contributed by atoms with Crippen molar-refractivity contribution in [3.63, 3.8) is 0 Å². The number of rotatable bonds is 6. The van der Waals surface area contributed by atoms with E-state index in [2.05, 4.69) is 11.6 Å². The summed E-state index contributed by atoms with van der Waals surface area (Å²) in [6.45, 7) is 4.73. The molecule has 0 bridgehead atoms. The van der Waals surface area contributed by atoms with E-state index in [0.717, 1.165) is 34.4 Å². The van der Waals surface area contributed by atoms with Crippen LogP contribution in [0.25, 0.3) is 10.2 Å². The molecule has 7 nitrogen and oxygen atoms in total. The molecule has 4 aromatic rings. The van der Waals surface area contributed by atoms with Gasteiger partial charge in [-0.2, -0.15) is 4.99 Å². The van der Waals surface area contributed by atoms with Gasteiger partial charge < -0.3 is 9.30 Å². The van der Waals surface area contributed by atoms with Crippen molar-refractivity contribution in [3.8, 4) is 5.75 Å². The Bertz CT molecular complexity index is 1630. The number of aryl methyl sites for hydroxylation is 1. The van der Waals surface area contributed by atoms with Crippen LogP contribution in [-0.4, -0.2) is 32.5 Å². The molecule has 0 spiro atoms. The van der Waals surface area contributed by atoms with Crippen LogP contribution in [0.1, 0.15) is 22.3 Å². The molecule has 1 aromatic heterocycles. The van der Waals surface area contributed by atoms with Gasteiger partial charge in [-0.3, -0.25) is 9.10 Å². The number of hydrogen-bond donors (Lipinski definition) is 0. The lowest BCUT2D eigenvalue weighted by Crippen LogP contribution is -2.35. The zero-order chi connectivity index (χ0) is 25.3. The van der Waals surface area contributed by atoms with Crippen LogP contribution in [0, 0.1) is 0 Å². The topological polar surface area (TPSA) is 81.0 Å². The van der Waals surface area contributed by atoms with E-state index in [4.69, 9.17) is 4.74 Å². The summed E-state index contributed by atoms with van der Waals surface area (Å²) >= 11 is 1.38. The van der Waals surface area contributed by atoms with Crippen molar-refractivity contribution in [2.45, 2.75) is 24.3 Å². The van der Waals surface area contributed by atoms with Gasteiger partial charge in [0.15, 0.2) is 4.80 Å². The van der Waals surface area contributed by atoms with Gasteiger partial charge in [0.2, 0.25) is 0 Å². The Morgan fingerprint density at radius 1 is 1.14 bits per heavy atom. The largest absolute Gasteiger partial charge is 0.497 e. The van der Waals surface area contributed by atoms with Crippen molar-refractivity contribution in [2.75, 3.05) is 18.0 Å². The molecule has 0 unspecified atom stereocenters. The first-order valence-electron chi connectivity index (χ1n) is 11.5. The van der Waals surface area contributed by atoms with Crippen molar-refractivity contribution < 1.29 is 17.9 Å². The van der Waals surface area contributed by atoms with Crippen LogP contribution in [0.15, 0.2) is 89.3 Å². The quantitative estimate of drug-likeness (QED) is 0.344. The Morgan fingerprint density at radius 3 is 2.67 bits per heavy atom. The molecule has 0 aliphatic carbocycles. The fourth-order valence-corrected chi connectivity index (χ4v) is 6.98. The van der Waals surface area contributed by atoms with Crippen molar-refractivity contribution in [2.24, 2.45) is 4.99 Å². The van der Waals surface area contributed by atoms with E-state index in [-0.39, 0.29) is 4.90 Å². The number of allylic oxidation sites excluding steroid dienone is 1. The molecule has 9 heteroatoms. The maximum absolute atomic E-state index is 13.4. The maximum atomic E-state index is 13.4. The van der Waals surface area contributed by atoms with Crippen LogP contribution >= 0.6 is 11.3 Å². The van der Waals surface area contributed by atoms with Gasteiger partial charge in [0, 0.05) is 18.7 Å². The van der Waals surface area contributed by atoms with Crippen LogP contribution in [0.4, 0.5) is 5.69 Å². The summed E-state index contributed by atoms with van der Waals surface area (Å²) in [5.74, 6) is 0.277. The van der Waals surface area contributed by atoms with Gasteiger partial charge in [-0.05, 0) is 66.9 Å². The Labute approximate surface area is 213 Å². The fourth-order valence-electron chi connectivity index (χ4n) is 4.37. The molecule has 2 heterocycles. The van der Waals surface area contributed by atoms with E-state index in [0.29, 0.717) is 29.1 Å². The van der Waals surface area contributed by atoms with E-state index in [1.807, 2.05) is 47.0 Å². The molecular formula is C27H25N3O4S2. The summed E-state index contributed by atoms with van der Waals surface area (Å²) < 4.78 is 36.4. The van der Waals surface area contributed by atoms with Crippen LogP contribution in [0.5, 0.6) is 5.75 Å². The Balaban J connectivity index is 1.47. The van der Waals surface area contributed by atoms with E-state index in [1.54, 1.807) is 13.2 Å². The molecule has 0 radical (unpaired) electrons. The number of hydrogen-bond acceptors (Lipinski definition) is 5. The highest BCUT2D eigenvalue weighted by Gasteiger charge is 2.29. The molecule has 0 N–H and O–H groups in total. The number of amides is 1. The lowest BCUT2D eigenvalue weighted by Gasteiger charge is -2.30. The molecule has 1 amide bonds. The lowest BCUT2D eigenvalue weighted by atomic mass is 10.0. The minimum absolute atomic E-state index is 0.145. The molecule has 0 atom stereocenters. The maximum Gasteiger partial charge on any atom is 0.279 e. The molecule has 0 saturated carbocycles. The highest BCUT2D eigenvalue weighted by molar-refractivity contribution is 7.92. The van der Waals surface area contributed by atoms with Gasteiger partial charge in [0.25, 0.3) is 15.9 Å². The summed E-state index contributed by atoms with van der Waals surface area (Å²) in [4.78, 5) is 18.0. The minimum Gasteiger partial charge on any atom is -0.497 e. The second-order valence-corrected chi connectivity index (χ2v) is 11.2. The molecule has 0 fully saturated rings. The summed E-state index contributed by atoms with van der Waals surface area (Å²) in [7, 11) is -2.14. The fraction of sp³-hybridized carbons (Fsp3) is 0.185. The molecule has 5 rings (SSSR count). The van der Waals surface area contributed by atoms with Gasteiger partial charge >= 0.3 is 0 Å². The second-order valence-electron chi connectivity index (χ2n) is 8.37. The Morgan fingerprint density at radius 2 is 1.92 bits per heavy atom. The number of carbonyl (C=O) groups excluding carboxylic acids is 1. The first kappa shape index (κ1) is 24.0. The number of carbonyl (C=O) groups is 1. The standard InChI is InChI=1S/C27H25N3O4S2/c1-3-16-29-24-15-12-21(34-2)18-25(24)35-27(29)28-26(31)20-10-13-22(14-11-20)36(32,33)30-17-6-8-19-7-4-5-9-23(19)30/h3-5,7,9-15,18H,1,6,8,16-17H2,2H3. The average Bonchev–Trinajstić information content (AvgIpc) is 3.24. The van der Waals surface area contributed by atoms with E-state index in [9.17, 15) is 13.2 Å². The predicted octanol–water partition coefficient (Wildman–Crippen LogP) is 4.78. The number of benzene rings is 3. The highest BCUT2D eigenvalue weighted by atomic mass is 32.2. The summed E-state index contributed by atoms with van der Waals surface area (Å²) in [6, 6.07) is 19.2. The number of thiazole rings is 1. The number of sulfonamides is 1. The molecule has 1 aliphatic rings. The SMILES string of the molecule is C=CCn1c(=NC(=O)c2ccc(S(=O)(=O)N3CCCc4ccccc43)cc2)sc2cc(OC)ccc21. The molecule has 0 saturated heterocycles. The second kappa shape index (κ2) is 9.75. The number of methoxy groups -OCH3 is 1. The highest BCUT2D eigenvalue weighted by Crippen LogP contribution is 2.32. The van der Waals surface area contributed by atoms with Crippen LogP contribution < -0.4 is 13.8 Å². The minimum atomic E-state index is -3.75. The third kappa shape index (κ3) is 4.36. The number of ether oxygens (including phenoxy) is 1. The number of para-hydroxylation sites is 1. The third-order valence-electron chi connectivity index (χ3n) is 6.16. The van der Waals surface area contributed by atoms with Crippen LogP contribution in [-0.2, 0) is 23.0 Å². The molecule has 184 valence electrons. The monoisotopic (exact) mass is 519 g/mol. The Kier molecular flexibility index (Phi) is 6.51. The number of anilines is 1. The first-order valence-corrected chi connectivity index (χ1v) is 13.8. The summed E-state index contributed by atoms with van der Waals surface area (Å²) in [5, 5.41) is 0. The van der Waals surface area contributed by atoms with Gasteiger partial charge in [-0.1, -0.05) is 35.6 Å². The third-order valence-corrected chi connectivity index (χ3v) is 9.02. The van der Waals surface area contributed by atoms with Crippen LogP contribution in [0.3, 0.4) is 0 Å². The zero-order valence-electron chi connectivity index (χ0n) is 19.8. The Hall–Kier alpha value is -3.69. The zero-order valence-corrected chi connectivity index (χ0v) is 21.4. The summed E-state index contributed by atoms with van der Waals surface area (Å²) in [5.41, 5.74) is 2.97. The van der Waals surface area contributed by atoms with Gasteiger partial charge in [0.1, 0.15) is 5.75 Å². The van der Waals surface area contributed by atoms with E-state index >= 15 is 0 Å². The van der Waals surface area contributed by atoms with Gasteiger partial charge in [-0.15, -0.1) is 6.58 Å². The van der Waals surface area contributed by atoms with Crippen molar-refractivity contribution in [1.82, 2.24) is 4.57 Å². The lowest BCUT2D eigenvalue weighted by molar-refractivity contribution is 0.0998. The summed E-state index contributed by atoms with van der Waals surface area (Å²) in [6.07, 6.45) is 3.36. The molecule has 36 heavy (non-hydrogen) atoms. The smallest absolute Gasteiger partial charge is 0.279 e. The van der Waals surface area contributed by atoms with Gasteiger partial charge in [0.05, 0.1) is 27.9 Å². The first-order chi connectivity index (χ1) is 17.4. The average molecular weight is 520 g/mol. The van der Waals surface area contributed by atoms with Gasteiger partial charge in [-0.25, -0.2) is 8.42 Å². The molecule has 3 aromatic carbocycles. The van der Waals surface area contributed by atoms with Crippen LogP contribution in [0.2, 0.25) is 0 Å². The van der Waals surface area contributed by atoms with Crippen molar-refractivity contribution >= 4 is 43.2 Å². The van der Waals surface area contributed by atoms with Crippen molar-refractivity contribution in [1.29, 1.82) is 0 Å².